The number of rotatable bonds is 4. The second-order valence-electron chi connectivity index (χ2n) is 4.76. The van der Waals surface area contributed by atoms with Gasteiger partial charge in [0.25, 0.3) is 0 Å². The fourth-order valence-corrected chi connectivity index (χ4v) is 2.21. The molecule has 0 saturated carbocycles. The summed E-state index contributed by atoms with van der Waals surface area (Å²) >= 11 is 0. The molecule has 1 aliphatic heterocycles. The third kappa shape index (κ3) is 9.42. The van der Waals surface area contributed by atoms with Gasteiger partial charge in [0.1, 0.15) is 24.1 Å². The Morgan fingerprint density at radius 1 is 0.963 bits per heavy atom. The number of phenolic OH excluding ortho intramolecular Hbond substituents is 1. The van der Waals surface area contributed by atoms with E-state index in [1.54, 1.807) is 18.2 Å². The molecule has 5 atom stereocenters. The summed E-state index contributed by atoms with van der Waals surface area (Å²) in [5.41, 5.74) is 0.589. The van der Waals surface area contributed by atoms with Crippen molar-refractivity contribution in [2.45, 2.75) is 37.2 Å². The molecule has 11 heteroatoms. The van der Waals surface area contributed by atoms with Crippen LogP contribution in [0.3, 0.4) is 0 Å². The Labute approximate surface area is 169 Å². The number of para-hydroxylation sites is 1. The minimum absolute atomic E-state index is 0. The molecule has 0 amide bonds. The number of aromatic hydroxyl groups is 1. The number of hydrogen-bond donors (Lipinski definition) is 6. The van der Waals surface area contributed by atoms with E-state index < -0.39 is 37.3 Å². The second kappa shape index (κ2) is 18.0. The number of nitrogens with one attached hydrogen (secondary N) is 1. The molecule has 10 nitrogen and oxygen atoms in total. The Morgan fingerprint density at radius 2 is 1.48 bits per heavy atom. The zero-order chi connectivity index (χ0) is 20.7. The first-order valence-electron chi connectivity index (χ1n) is 6.96. The van der Waals surface area contributed by atoms with E-state index in [9.17, 15) is 20.4 Å². The first-order valence-corrected chi connectivity index (χ1v) is 6.96. The van der Waals surface area contributed by atoms with Crippen molar-refractivity contribution >= 4 is 0 Å². The first-order chi connectivity index (χ1) is 12.5. The summed E-state index contributed by atoms with van der Waals surface area (Å²) in [6, 6.07) is 5.72. The predicted octanol–water partition coefficient (Wildman–Crippen LogP) is -1.83. The Hall–Kier alpha value is -1.34. The molecule has 2 rings (SSSR count). The van der Waals surface area contributed by atoms with Crippen LogP contribution >= 0.6 is 0 Å². The molecule has 1 saturated heterocycles. The number of phenols is 1. The van der Waals surface area contributed by atoms with Crippen molar-refractivity contribution in [2.24, 2.45) is 0 Å². The zero-order valence-electron chi connectivity index (χ0n) is 13.9. The van der Waals surface area contributed by atoms with Gasteiger partial charge < -0.3 is 35.6 Å². The molecule has 1 heterocycles. The third-order valence-electron chi connectivity index (χ3n) is 3.42. The first kappa shape index (κ1) is 30.4. The van der Waals surface area contributed by atoms with Crippen molar-refractivity contribution in [1.82, 2.24) is 5.32 Å². The molecule has 0 aromatic heterocycles. The summed E-state index contributed by atoms with van der Waals surface area (Å²) in [6.45, 7) is 13.2. The molecule has 0 bridgehead atoms. The molecule has 1 radical (unpaired) electrons. The van der Waals surface area contributed by atoms with Crippen LogP contribution in [0.15, 0.2) is 24.3 Å². The van der Waals surface area contributed by atoms with Crippen LogP contribution in [0, 0.1) is 20.0 Å². The van der Waals surface area contributed by atoms with Gasteiger partial charge in [-0.1, -0.05) is 18.2 Å². The summed E-state index contributed by atoms with van der Waals surface area (Å²) in [4.78, 5) is 0. The molecular weight excluding hydrogens is 536 g/mol. The van der Waals surface area contributed by atoms with Gasteiger partial charge in [-0.15, -0.1) is 0 Å². The van der Waals surface area contributed by atoms with E-state index in [1.165, 1.54) is 6.07 Å². The van der Waals surface area contributed by atoms with Crippen molar-refractivity contribution in [3.8, 4) is 5.75 Å². The van der Waals surface area contributed by atoms with Gasteiger partial charge in [-0.3, -0.25) is 0 Å². The van der Waals surface area contributed by atoms with Crippen LogP contribution in [-0.2, 0) is 45.7 Å². The van der Waals surface area contributed by atoms with E-state index in [1.807, 2.05) is 0 Å². The monoisotopic (exact) mass is 555 g/mol. The minimum atomic E-state index is -1.36. The topological polar surface area (TPSA) is 182 Å². The molecule has 1 fully saturated rings. The maximum atomic E-state index is 9.93. The van der Waals surface area contributed by atoms with Gasteiger partial charge in [0.15, 0.2) is 6.29 Å². The maximum absolute atomic E-state index is 9.93. The summed E-state index contributed by atoms with van der Waals surface area (Å²) in [6.07, 6.45) is -4.98. The quantitative estimate of drug-likeness (QED) is 0.187. The Morgan fingerprint density at radius 3 is 1.96 bits per heavy atom. The van der Waals surface area contributed by atoms with Crippen molar-refractivity contribution < 1.29 is 64.6 Å². The van der Waals surface area contributed by atoms with Gasteiger partial charge in [0.2, 0.25) is 0 Å². The second-order valence-corrected chi connectivity index (χ2v) is 4.76. The SMILES string of the molecule is OC[C@H]1OC(O)[C@H](NCc2ccccc2O)[C@@H](O)[C@@H]1O.[186Re].[C-]#[O+].[C-]#[O+].[C-]#[O+]. The average Bonchev–Trinajstić information content (AvgIpc) is 2.70. The normalized spacial score (nSPS) is 25.5. The number of ether oxygens (including phenoxy) is 1. The predicted molar refractivity (Wildman–Crippen MR) is 80.5 cm³/mol. The molecule has 1 aromatic carbocycles. The molecule has 0 spiro atoms. The third-order valence-corrected chi connectivity index (χ3v) is 3.42. The molecule has 27 heavy (non-hydrogen) atoms. The number of aliphatic hydroxyl groups is 4. The van der Waals surface area contributed by atoms with Crippen LogP contribution in [0.5, 0.6) is 5.75 Å². The average molecular weight is 555 g/mol. The van der Waals surface area contributed by atoms with Crippen LogP contribution in [0.4, 0.5) is 0 Å². The zero-order valence-corrected chi connectivity index (χ0v) is 16.6. The Bertz CT molecular complexity index is 552. The van der Waals surface area contributed by atoms with Crippen LogP contribution in [0.25, 0.3) is 0 Å². The molecule has 1 aliphatic rings. The summed E-state index contributed by atoms with van der Waals surface area (Å²) in [5, 5.41) is 50.9. The molecular formula is C16H19NO9Re. The molecule has 1 aromatic rings. The van der Waals surface area contributed by atoms with Gasteiger partial charge in [0.05, 0.1) is 12.6 Å². The van der Waals surface area contributed by atoms with Gasteiger partial charge in [-0.05, 0) is 6.07 Å². The van der Waals surface area contributed by atoms with E-state index in [0.717, 1.165) is 0 Å². The van der Waals surface area contributed by atoms with Gasteiger partial charge in [0, 0.05) is 32.5 Å². The van der Waals surface area contributed by atoms with Crippen molar-refractivity contribution in [3.63, 3.8) is 0 Å². The number of aliphatic hydroxyl groups excluding tert-OH is 4. The molecule has 0 aliphatic carbocycles. The summed E-state index contributed by atoms with van der Waals surface area (Å²) < 4.78 is 27.5. The van der Waals surface area contributed by atoms with E-state index in [0.29, 0.717) is 5.56 Å². The van der Waals surface area contributed by atoms with E-state index in [4.69, 9.17) is 23.8 Å². The molecule has 6 N–H and O–H groups in total. The van der Waals surface area contributed by atoms with Gasteiger partial charge in [-0.25, -0.2) is 0 Å². The van der Waals surface area contributed by atoms with E-state index in [2.05, 4.69) is 25.3 Å². The van der Waals surface area contributed by atoms with E-state index >= 15 is 0 Å². The van der Waals surface area contributed by atoms with E-state index in [-0.39, 0.29) is 32.7 Å². The van der Waals surface area contributed by atoms with Crippen LogP contribution in [0.1, 0.15) is 5.56 Å². The van der Waals surface area contributed by atoms with Crippen molar-refractivity contribution in [1.29, 1.82) is 0 Å². The Kier molecular flexibility index (Phi) is 20.3. The van der Waals surface area contributed by atoms with Crippen LogP contribution in [-0.4, -0.2) is 62.8 Å². The van der Waals surface area contributed by atoms with Crippen molar-refractivity contribution in [2.75, 3.05) is 6.61 Å². The van der Waals surface area contributed by atoms with Gasteiger partial charge >= 0.3 is 33.9 Å². The number of benzene rings is 1. The molecule has 1 unspecified atom stereocenters. The molecule has 149 valence electrons. The van der Waals surface area contributed by atoms with Gasteiger partial charge in [-0.2, -0.15) is 0 Å². The fraction of sp³-hybridized carbons (Fsp3) is 0.438. The van der Waals surface area contributed by atoms with Crippen LogP contribution < -0.4 is 5.32 Å². The Balaban J connectivity index is -0.000000749. The standard InChI is InChI=1S/C13H19NO6.3CO.Re/c15-6-9-11(17)12(18)10(13(19)20-9)14-5-7-3-1-2-4-8(7)16;3*1-2;/h1-4,9-19H,5-6H2;;;;/t9-,10-,11-,12-,13?;;;;/m1..../s1/i;;;;1+0. The summed E-state index contributed by atoms with van der Waals surface area (Å²) in [7, 11) is 0. The fourth-order valence-electron chi connectivity index (χ4n) is 2.21. The van der Waals surface area contributed by atoms with Crippen LogP contribution in [0.2, 0.25) is 0 Å². The van der Waals surface area contributed by atoms with Crippen molar-refractivity contribution in [3.05, 3.63) is 49.8 Å². The summed E-state index contributed by atoms with van der Waals surface area (Å²) in [5.74, 6) is 0.0921. The number of hydrogen-bond acceptors (Lipinski definition) is 7.